The lowest BCUT2D eigenvalue weighted by Crippen LogP contribution is -2.30. The summed E-state index contributed by atoms with van der Waals surface area (Å²) in [7, 11) is 0. The third-order valence-corrected chi connectivity index (χ3v) is 4.04. The smallest absolute Gasteiger partial charge is 0.303 e. The molecule has 94 valence electrons. The molecule has 0 unspecified atom stereocenters. The van der Waals surface area contributed by atoms with Gasteiger partial charge in [0.15, 0.2) is 0 Å². The van der Waals surface area contributed by atoms with Gasteiger partial charge in [0.05, 0.1) is 12.5 Å². The van der Waals surface area contributed by atoms with Crippen LogP contribution in [0.3, 0.4) is 0 Å². The molecule has 2 N–H and O–H groups in total. The molecule has 0 aliphatic heterocycles. The van der Waals surface area contributed by atoms with Crippen molar-refractivity contribution >= 4 is 5.97 Å². The van der Waals surface area contributed by atoms with Crippen molar-refractivity contribution in [2.24, 2.45) is 11.3 Å². The van der Waals surface area contributed by atoms with Crippen molar-refractivity contribution in [3.63, 3.8) is 0 Å². The Labute approximate surface area is 97.9 Å². The topological polar surface area (TPSA) is 57.5 Å². The lowest BCUT2D eigenvalue weighted by molar-refractivity contribution is -0.140. The molecule has 3 heteroatoms. The molecule has 0 saturated heterocycles. The number of hydrogen-bond donors (Lipinski definition) is 2. The molecule has 3 nitrogen and oxygen atoms in total. The van der Waals surface area contributed by atoms with Crippen LogP contribution in [0.5, 0.6) is 0 Å². The SMILES string of the molecule is CCCCC[C@H]1[C@@H](O)CC[C@@]1(C)CC(=O)O. The summed E-state index contributed by atoms with van der Waals surface area (Å²) in [5.41, 5.74) is -0.195. The summed E-state index contributed by atoms with van der Waals surface area (Å²) in [4.78, 5) is 10.9. The van der Waals surface area contributed by atoms with Gasteiger partial charge in [0, 0.05) is 0 Å². The van der Waals surface area contributed by atoms with E-state index in [4.69, 9.17) is 5.11 Å². The van der Waals surface area contributed by atoms with E-state index in [2.05, 4.69) is 6.92 Å². The lowest BCUT2D eigenvalue weighted by Gasteiger charge is -2.31. The fraction of sp³-hybridized carbons (Fsp3) is 0.923. The number of unbranched alkanes of at least 4 members (excludes halogenated alkanes) is 2. The van der Waals surface area contributed by atoms with E-state index in [1.807, 2.05) is 6.92 Å². The highest BCUT2D eigenvalue weighted by Crippen LogP contribution is 2.48. The maximum atomic E-state index is 10.9. The number of aliphatic carboxylic acids is 1. The lowest BCUT2D eigenvalue weighted by atomic mass is 9.74. The molecular weight excluding hydrogens is 204 g/mol. The highest BCUT2D eigenvalue weighted by atomic mass is 16.4. The highest BCUT2D eigenvalue weighted by Gasteiger charge is 2.44. The van der Waals surface area contributed by atoms with Crippen molar-refractivity contribution in [1.82, 2.24) is 0 Å². The van der Waals surface area contributed by atoms with E-state index in [0.29, 0.717) is 0 Å². The molecule has 16 heavy (non-hydrogen) atoms. The average Bonchev–Trinajstić information content (AvgIpc) is 2.44. The van der Waals surface area contributed by atoms with Gasteiger partial charge < -0.3 is 10.2 Å². The predicted octanol–water partition coefficient (Wildman–Crippen LogP) is 2.82. The number of carboxylic acid groups (broad SMARTS) is 1. The molecule has 0 aromatic rings. The van der Waals surface area contributed by atoms with E-state index in [1.165, 1.54) is 12.8 Å². The summed E-state index contributed by atoms with van der Waals surface area (Å²) in [6, 6.07) is 0. The van der Waals surface area contributed by atoms with Crippen molar-refractivity contribution in [3.8, 4) is 0 Å². The number of carboxylic acids is 1. The first-order valence-electron chi connectivity index (χ1n) is 6.39. The number of carbonyl (C=O) groups is 1. The van der Waals surface area contributed by atoms with Gasteiger partial charge in [-0.25, -0.2) is 0 Å². The fourth-order valence-electron chi connectivity index (χ4n) is 3.05. The van der Waals surface area contributed by atoms with E-state index >= 15 is 0 Å². The van der Waals surface area contributed by atoms with Gasteiger partial charge in [0.1, 0.15) is 0 Å². The number of hydrogen-bond acceptors (Lipinski definition) is 2. The largest absolute Gasteiger partial charge is 0.481 e. The zero-order chi connectivity index (χ0) is 12.2. The summed E-state index contributed by atoms with van der Waals surface area (Å²) in [6.07, 6.45) is 5.93. The Kier molecular flexibility index (Phi) is 4.78. The zero-order valence-electron chi connectivity index (χ0n) is 10.4. The third kappa shape index (κ3) is 3.21. The molecular formula is C13H24O3. The van der Waals surface area contributed by atoms with Crippen LogP contribution in [0.4, 0.5) is 0 Å². The van der Waals surface area contributed by atoms with Gasteiger partial charge in [-0.3, -0.25) is 4.79 Å². The van der Waals surface area contributed by atoms with E-state index in [0.717, 1.165) is 25.7 Å². The second kappa shape index (κ2) is 5.67. The molecule has 3 atom stereocenters. The monoisotopic (exact) mass is 228 g/mol. The van der Waals surface area contributed by atoms with Gasteiger partial charge in [0.25, 0.3) is 0 Å². The Morgan fingerprint density at radius 3 is 2.69 bits per heavy atom. The first-order valence-corrected chi connectivity index (χ1v) is 6.39. The molecule has 0 aromatic carbocycles. The van der Waals surface area contributed by atoms with Gasteiger partial charge >= 0.3 is 5.97 Å². The van der Waals surface area contributed by atoms with E-state index in [-0.39, 0.29) is 23.9 Å². The quantitative estimate of drug-likeness (QED) is 0.687. The molecule has 1 fully saturated rings. The summed E-state index contributed by atoms with van der Waals surface area (Å²) in [6.45, 7) is 4.18. The van der Waals surface area contributed by atoms with Gasteiger partial charge in [-0.2, -0.15) is 0 Å². The molecule has 1 aliphatic carbocycles. The second-order valence-corrected chi connectivity index (χ2v) is 5.43. The van der Waals surface area contributed by atoms with E-state index in [9.17, 15) is 9.90 Å². The Bertz CT molecular complexity index is 239. The molecule has 1 rings (SSSR count). The normalized spacial score (nSPS) is 34.2. The molecule has 0 bridgehead atoms. The maximum absolute atomic E-state index is 10.9. The molecule has 1 aliphatic rings. The number of aliphatic hydroxyl groups excluding tert-OH is 1. The zero-order valence-corrected chi connectivity index (χ0v) is 10.4. The molecule has 0 amide bonds. The molecule has 0 spiro atoms. The summed E-state index contributed by atoms with van der Waals surface area (Å²) in [5.74, 6) is -0.563. The number of rotatable bonds is 6. The Morgan fingerprint density at radius 1 is 1.44 bits per heavy atom. The van der Waals surface area contributed by atoms with Crippen molar-refractivity contribution in [2.75, 3.05) is 0 Å². The van der Waals surface area contributed by atoms with Crippen LogP contribution in [0.15, 0.2) is 0 Å². The minimum atomic E-state index is -0.739. The maximum Gasteiger partial charge on any atom is 0.303 e. The van der Waals surface area contributed by atoms with Gasteiger partial charge in [0.2, 0.25) is 0 Å². The average molecular weight is 228 g/mol. The van der Waals surface area contributed by atoms with Crippen molar-refractivity contribution in [1.29, 1.82) is 0 Å². The second-order valence-electron chi connectivity index (χ2n) is 5.43. The predicted molar refractivity (Wildman–Crippen MR) is 63.2 cm³/mol. The molecule has 0 heterocycles. The Morgan fingerprint density at radius 2 is 2.12 bits per heavy atom. The van der Waals surface area contributed by atoms with Gasteiger partial charge in [-0.05, 0) is 30.6 Å². The van der Waals surface area contributed by atoms with Crippen LogP contribution in [0.25, 0.3) is 0 Å². The Balaban J connectivity index is 2.57. The first kappa shape index (κ1) is 13.5. The van der Waals surface area contributed by atoms with Crippen LogP contribution in [0, 0.1) is 11.3 Å². The fourth-order valence-corrected chi connectivity index (χ4v) is 3.05. The van der Waals surface area contributed by atoms with E-state index < -0.39 is 5.97 Å². The van der Waals surface area contributed by atoms with Crippen LogP contribution in [-0.4, -0.2) is 22.3 Å². The molecule has 0 radical (unpaired) electrons. The summed E-state index contributed by atoms with van der Waals surface area (Å²) < 4.78 is 0. The van der Waals surface area contributed by atoms with Crippen molar-refractivity contribution < 1.29 is 15.0 Å². The van der Waals surface area contributed by atoms with Crippen LogP contribution < -0.4 is 0 Å². The summed E-state index contributed by atoms with van der Waals surface area (Å²) >= 11 is 0. The Hall–Kier alpha value is -0.570. The van der Waals surface area contributed by atoms with E-state index in [1.54, 1.807) is 0 Å². The van der Waals surface area contributed by atoms with Crippen molar-refractivity contribution in [2.45, 2.75) is 64.9 Å². The number of aliphatic hydroxyl groups is 1. The van der Waals surface area contributed by atoms with Crippen LogP contribution in [0.2, 0.25) is 0 Å². The highest BCUT2D eigenvalue weighted by molar-refractivity contribution is 5.67. The molecule has 0 aromatic heterocycles. The first-order chi connectivity index (χ1) is 7.49. The van der Waals surface area contributed by atoms with Gasteiger partial charge in [-0.15, -0.1) is 0 Å². The van der Waals surface area contributed by atoms with Gasteiger partial charge in [-0.1, -0.05) is 33.1 Å². The van der Waals surface area contributed by atoms with Crippen LogP contribution in [0.1, 0.15) is 58.8 Å². The van der Waals surface area contributed by atoms with Crippen LogP contribution >= 0.6 is 0 Å². The molecule has 1 saturated carbocycles. The summed E-state index contributed by atoms with van der Waals surface area (Å²) in [5, 5.41) is 18.9. The third-order valence-electron chi connectivity index (χ3n) is 4.04. The van der Waals surface area contributed by atoms with Crippen molar-refractivity contribution in [3.05, 3.63) is 0 Å². The minimum Gasteiger partial charge on any atom is -0.481 e. The van der Waals surface area contributed by atoms with Crippen LogP contribution in [-0.2, 0) is 4.79 Å². The minimum absolute atomic E-state index is 0.176. The standard InChI is InChI=1S/C13H24O3/c1-3-4-5-6-10-11(14)7-8-13(10,2)9-12(15)16/h10-11,14H,3-9H2,1-2H3,(H,15,16)/t10-,11-,13-/m0/s1.